The molecule has 1 saturated heterocycles. The number of amides is 1. The number of ether oxygens (including phenoxy) is 1. The van der Waals surface area contributed by atoms with Gasteiger partial charge in [0, 0.05) is 17.5 Å². The van der Waals surface area contributed by atoms with Crippen molar-refractivity contribution in [3.63, 3.8) is 0 Å². The Morgan fingerprint density at radius 2 is 1.93 bits per heavy atom. The van der Waals surface area contributed by atoms with Crippen LogP contribution in [0.4, 0.5) is 5.13 Å². The zero-order chi connectivity index (χ0) is 20.9. The van der Waals surface area contributed by atoms with Crippen molar-refractivity contribution < 1.29 is 9.53 Å². The van der Waals surface area contributed by atoms with Gasteiger partial charge in [-0.2, -0.15) is 0 Å². The van der Waals surface area contributed by atoms with Crippen LogP contribution in [-0.2, 0) is 6.54 Å². The molecule has 3 aromatic rings. The van der Waals surface area contributed by atoms with E-state index in [4.69, 9.17) is 4.74 Å². The third kappa shape index (κ3) is 5.06. The SMILES string of the molecule is CCOc1ccc(-c2nc(C)c(C(=O)Nc3nc(CN4CCCCC4)cs3)s2)cc1. The number of piperidine rings is 1. The van der Waals surface area contributed by atoms with Crippen LogP contribution in [0.15, 0.2) is 29.6 Å². The largest absolute Gasteiger partial charge is 0.494 e. The molecule has 1 aromatic carbocycles. The lowest BCUT2D eigenvalue weighted by molar-refractivity contribution is 0.102. The number of aryl methyl sites for hydroxylation is 1. The minimum atomic E-state index is -0.152. The Kier molecular flexibility index (Phi) is 6.76. The summed E-state index contributed by atoms with van der Waals surface area (Å²) < 4.78 is 5.49. The van der Waals surface area contributed by atoms with E-state index in [-0.39, 0.29) is 5.91 Å². The summed E-state index contributed by atoms with van der Waals surface area (Å²) in [5.41, 5.74) is 2.73. The summed E-state index contributed by atoms with van der Waals surface area (Å²) in [7, 11) is 0. The van der Waals surface area contributed by atoms with Crippen molar-refractivity contribution in [3.05, 3.63) is 45.9 Å². The number of nitrogens with zero attached hydrogens (tertiary/aromatic N) is 3. The maximum atomic E-state index is 12.8. The molecule has 0 radical (unpaired) electrons. The van der Waals surface area contributed by atoms with Crippen LogP contribution in [0.5, 0.6) is 5.75 Å². The Morgan fingerprint density at radius 1 is 1.17 bits per heavy atom. The molecule has 6 nitrogen and oxygen atoms in total. The number of anilines is 1. The van der Waals surface area contributed by atoms with Gasteiger partial charge in [0.25, 0.3) is 5.91 Å². The van der Waals surface area contributed by atoms with Gasteiger partial charge >= 0.3 is 0 Å². The molecule has 158 valence electrons. The van der Waals surface area contributed by atoms with Gasteiger partial charge in [0.15, 0.2) is 5.13 Å². The number of aromatic nitrogens is 2. The standard InChI is InChI=1S/C22H26N4O2S2/c1-3-28-18-9-7-16(8-10-18)21-23-15(2)19(30-21)20(27)25-22-24-17(14-29-22)13-26-11-5-4-6-12-26/h7-10,14H,3-6,11-13H2,1-2H3,(H,24,25,27). The first-order chi connectivity index (χ1) is 14.6. The lowest BCUT2D eigenvalue weighted by atomic mass is 10.1. The normalized spacial score (nSPS) is 14.6. The van der Waals surface area contributed by atoms with Crippen molar-refractivity contribution in [2.75, 3.05) is 25.0 Å². The molecule has 8 heteroatoms. The molecule has 0 atom stereocenters. The molecule has 2 aromatic heterocycles. The minimum Gasteiger partial charge on any atom is -0.494 e. The molecule has 4 rings (SSSR count). The van der Waals surface area contributed by atoms with Crippen molar-refractivity contribution in [1.82, 2.24) is 14.9 Å². The first-order valence-electron chi connectivity index (χ1n) is 10.3. The number of benzene rings is 1. The van der Waals surface area contributed by atoms with Gasteiger partial charge in [-0.3, -0.25) is 15.0 Å². The van der Waals surface area contributed by atoms with Crippen LogP contribution in [0.3, 0.4) is 0 Å². The molecular formula is C22H26N4O2S2. The molecule has 0 saturated carbocycles. The van der Waals surface area contributed by atoms with E-state index < -0.39 is 0 Å². The van der Waals surface area contributed by atoms with Gasteiger partial charge in [0.2, 0.25) is 0 Å². The molecule has 1 amide bonds. The van der Waals surface area contributed by atoms with Crippen molar-refractivity contribution in [1.29, 1.82) is 0 Å². The summed E-state index contributed by atoms with van der Waals surface area (Å²) in [5.74, 6) is 0.678. The monoisotopic (exact) mass is 442 g/mol. The Hall–Kier alpha value is -2.29. The third-order valence-corrected chi connectivity index (χ3v) is 7.03. The van der Waals surface area contributed by atoms with Gasteiger partial charge in [-0.15, -0.1) is 22.7 Å². The summed E-state index contributed by atoms with van der Waals surface area (Å²) >= 11 is 2.88. The number of hydrogen-bond donors (Lipinski definition) is 1. The summed E-state index contributed by atoms with van der Waals surface area (Å²) in [6.45, 7) is 7.58. The van der Waals surface area contributed by atoms with Gasteiger partial charge in [-0.25, -0.2) is 9.97 Å². The average Bonchev–Trinajstić information content (AvgIpc) is 3.36. The van der Waals surface area contributed by atoms with Crippen molar-refractivity contribution in [2.45, 2.75) is 39.7 Å². The van der Waals surface area contributed by atoms with Gasteiger partial charge in [-0.05, 0) is 64.0 Å². The van der Waals surface area contributed by atoms with Crippen molar-refractivity contribution in [2.24, 2.45) is 0 Å². The quantitative estimate of drug-likeness (QED) is 0.544. The fourth-order valence-electron chi connectivity index (χ4n) is 3.53. The smallest absolute Gasteiger partial charge is 0.269 e. The van der Waals surface area contributed by atoms with Gasteiger partial charge < -0.3 is 4.74 Å². The van der Waals surface area contributed by atoms with Crippen LogP contribution in [0.2, 0.25) is 0 Å². The molecule has 0 unspecified atom stereocenters. The van der Waals surface area contributed by atoms with E-state index in [0.717, 1.165) is 47.3 Å². The molecule has 1 aliphatic heterocycles. The lowest BCUT2D eigenvalue weighted by Crippen LogP contribution is -2.29. The second-order valence-corrected chi connectivity index (χ2v) is 9.18. The van der Waals surface area contributed by atoms with E-state index in [1.807, 2.05) is 43.5 Å². The van der Waals surface area contributed by atoms with Crippen LogP contribution in [0.25, 0.3) is 10.6 Å². The lowest BCUT2D eigenvalue weighted by Gasteiger charge is -2.25. The predicted molar refractivity (Wildman–Crippen MR) is 123 cm³/mol. The molecule has 1 fully saturated rings. The van der Waals surface area contributed by atoms with Crippen LogP contribution < -0.4 is 10.1 Å². The zero-order valence-corrected chi connectivity index (χ0v) is 18.9. The zero-order valence-electron chi connectivity index (χ0n) is 17.3. The Labute approximate surface area is 184 Å². The predicted octanol–water partition coefficient (Wildman–Crippen LogP) is 5.21. The number of carbonyl (C=O) groups is 1. The number of carbonyl (C=O) groups excluding carboxylic acids is 1. The fraction of sp³-hybridized carbons (Fsp3) is 0.409. The Balaban J connectivity index is 1.41. The van der Waals surface area contributed by atoms with Gasteiger partial charge in [0.05, 0.1) is 18.0 Å². The first-order valence-corrected chi connectivity index (χ1v) is 12.0. The summed E-state index contributed by atoms with van der Waals surface area (Å²) in [6, 6.07) is 7.79. The van der Waals surface area contributed by atoms with E-state index >= 15 is 0 Å². The van der Waals surface area contributed by atoms with Crippen LogP contribution in [0, 0.1) is 6.92 Å². The van der Waals surface area contributed by atoms with E-state index in [9.17, 15) is 4.79 Å². The number of nitrogens with one attached hydrogen (secondary N) is 1. The summed E-state index contributed by atoms with van der Waals surface area (Å²) in [5, 5.41) is 6.45. The topological polar surface area (TPSA) is 67.3 Å². The first kappa shape index (κ1) is 21.0. The highest BCUT2D eigenvalue weighted by atomic mass is 32.1. The van der Waals surface area contributed by atoms with Crippen LogP contribution >= 0.6 is 22.7 Å². The summed E-state index contributed by atoms with van der Waals surface area (Å²) in [6.07, 6.45) is 3.84. The third-order valence-electron chi connectivity index (χ3n) is 5.02. The number of hydrogen-bond acceptors (Lipinski definition) is 7. The molecular weight excluding hydrogens is 416 g/mol. The second kappa shape index (κ2) is 9.68. The molecule has 0 bridgehead atoms. The molecule has 0 spiro atoms. The van der Waals surface area contributed by atoms with Gasteiger partial charge in [0.1, 0.15) is 15.6 Å². The maximum absolute atomic E-state index is 12.8. The molecule has 1 aliphatic rings. The number of likely N-dealkylation sites (tertiary alicyclic amines) is 1. The maximum Gasteiger partial charge on any atom is 0.269 e. The molecule has 0 aliphatic carbocycles. The van der Waals surface area contributed by atoms with E-state index in [1.165, 1.54) is 41.9 Å². The minimum absolute atomic E-state index is 0.152. The second-order valence-electron chi connectivity index (χ2n) is 7.33. The highest BCUT2D eigenvalue weighted by Crippen LogP contribution is 2.30. The van der Waals surface area contributed by atoms with Crippen molar-refractivity contribution in [3.8, 4) is 16.3 Å². The fourth-order valence-corrected chi connectivity index (χ4v) is 5.19. The van der Waals surface area contributed by atoms with Crippen LogP contribution in [0.1, 0.15) is 47.2 Å². The average molecular weight is 443 g/mol. The van der Waals surface area contributed by atoms with Crippen molar-refractivity contribution >= 4 is 33.7 Å². The number of rotatable bonds is 7. The van der Waals surface area contributed by atoms with Crippen LogP contribution in [-0.4, -0.2) is 40.5 Å². The molecule has 30 heavy (non-hydrogen) atoms. The highest BCUT2D eigenvalue weighted by Gasteiger charge is 2.18. The molecule has 3 heterocycles. The van der Waals surface area contributed by atoms with Gasteiger partial charge in [-0.1, -0.05) is 6.42 Å². The molecule has 1 N–H and O–H groups in total. The Bertz CT molecular complexity index is 991. The van der Waals surface area contributed by atoms with E-state index in [2.05, 4.69) is 20.2 Å². The van der Waals surface area contributed by atoms with E-state index in [1.54, 1.807) is 0 Å². The Morgan fingerprint density at radius 3 is 2.67 bits per heavy atom. The number of thiazole rings is 2. The highest BCUT2D eigenvalue weighted by molar-refractivity contribution is 7.17. The van der Waals surface area contributed by atoms with E-state index in [0.29, 0.717) is 16.6 Å². The summed E-state index contributed by atoms with van der Waals surface area (Å²) in [4.78, 5) is 25.1.